The van der Waals surface area contributed by atoms with Crippen LogP contribution in [0.15, 0.2) is 72.4 Å². The molecule has 0 saturated heterocycles. The van der Waals surface area contributed by atoms with Crippen molar-refractivity contribution in [2.75, 3.05) is 18.1 Å². The minimum absolute atomic E-state index is 0.249. The first-order valence-electron chi connectivity index (χ1n) is 10.3. The quantitative estimate of drug-likeness (QED) is 0.370. The lowest BCUT2D eigenvalue weighted by molar-refractivity contribution is -0.117. The number of allylic oxidation sites excluding steroid dienone is 1. The number of likely N-dealkylation sites (N-methyl/N-ethyl adjacent to an activating group) is 1. The molecule has 0 radical (unpaired) electrons. The summed E-state index contributed by atoms with van der Waals surface area (Å²) in [6.07, 6.45) is 1.62. The van der Waals surface area contributed by atoms with Crippen molar-refractivity contribution in [2.24, 2.45) is 0 Å². The van der Waals surface area contributed by atoms with E-state index in [0.29, 0.717) is 10.6 Å². The number of ether oxygens (including phenoxy) is 1. The molecule has 0 amide bonds. The average molecular weight is 434 g/mol. The Morgan fingerprint density at radius 3 is 2.45 bits per heavy atom. The van der Waals surface area contributed by atoms with Crippen molar-refractivity contribution in [1.29, 1.82) is 0 Å². The number of carbonyl (C=O) groups is 2. The fraction of sp³-hybridized carbons (Fsp3) is 0.231. The van der Waals surface area contributed by atoms with Crippen LogP contribution in [0.2, 0.25) is 5.02 Å². The summed E-state index contributed by atoms with van der Waals surface area (Å²) in [5, 5.41) is 2.90. The highest BCUT2D eigenvalue weighted by Gasteiger charge is 2.41. The Morgan fingerprint density at radius 2 is 1.74 bits per heavy atom. The lowest BCUT2D eigenvalue weighted by Gasteiger charge is -2.26. The molecule has 0 N–H and O–H groups in total. The van der Waals surface area contributed by atoms with Gasteiger partial charge in [-0.3, -0.25) is 4.79 Å². The number of fused-ring (bicyclic) bond motifs is 3. The normalized spacial score (nSPS) is 15.9. The zero-order chi connectivity index (χ0) is 22.2. The van der Waals surface area contributed by atoms with E-state index in [2.05, 4.69) is 49.9 Å². The summed E-state index contributed by atoms with van der Waals surface area (Å²) in [5.41, 5.74) is 3.24. The molecule has 158 valence electrons. The maximum absolute atomic E-state index is 12.8. The van der Waals surface area contributed by atoms with Crippen molar-refractivity contribution in [1.82, 2.24) is 0 Å². The van der Waals surface area contributed by atoms with Gasteiger partial charge in [-0.05, 0) is 53.6 Å². The molecule has 0 spiro atoms. The highest BCUT2D eigenvalue weighted by Crippen LogP contribution is 2.50. The summed E-state index contributed by atoms with van der Waals surface area (Å²) in [5.74, 6) is -0.795. The molecule has 31 heavy (non-hydrogen) atoms. The highest BCUT2D eigenvalue weighted by atomic mass is 35.5. The Labute approximate surface area is 187 Å². The molecule has 0 atom stereocenters. The second-order valence-electron chi connectivity index (χ2n) is 8.13. The zero-order valence-corrected chi connectivity index (χ0v) is 18.6. The molecule has 0 unspecified atom stereocenters. The van der Waals surface area contributed by atoms with Crippen LogP contribution in [-0.4, -0.2) is 24.9 Å². The second kappa shape index (κ2) is 8.20. The lowest BCUT2D eigenvalue weighted by atomic mass is 9.81. The number of rotatable bonds is 5. The summed E-state index contributed by atoms with van der Waals surface area (Å²) in [6, 6.07) is 18.9. The van der Waals surface area contributed by atoms with E-state index >= 15 is 0 Å². The number of nitrogens with zero attached hydrogens (tertiary/aromatic N) is 1. The predicted molar refractivity (Wildman–Crippen MR) is 125 cm³/mol. The Kier molecular flexibility index (Phi) is 5.59. The zero-order valence-electron chi connectivity index (χ0n) is 17.8. The number of carbonyl (C=O) groups excluding carboxylic acids is 2. The number of anilines is 1. The standard InChI is InChI=1S/C26H24ClNO3/c1-4-28-22-14-11-17-7-5-6-8-21(17)24(22)26(2,3)23(28)15-20(29)16-31-25(30)18-9-12-19(27)13-10-18/h5-15H,4,16H2,1-3H3/b23-15+. The van der Waals surface area contributed by atoms with Gasteiger partial charge in [-0.25, -0.2) is 4.79 Å². The van der Waals surface area contributed by atoms with Gasteiger partial charge in [0.15, 0.2) is 12.4 Å². The molecular weight excluding hydrogens is 410 g/mol. The molecule has 3 aromatic carbocycles. The number of hydrogen-bond donors (Lipinski definition) is 0. The average Bonchev–Trinajstić information content (AvgIpc) is 2.98. The number of hydrogen-bond acceptors (Lipinski definition) is 4. The van der Waals surface area contributed by atoms with E-state index in [4.69, 9.17) is 16.3 Å². The summed E-state index contributed by atoms with van der Waals surface area (Å²) < 4.78 is 5.23. The summed E-state index contributed by atoms with van der Waals surface area (Å²) in [7, 11) is 0. The molecule has 0 fully saturated rings. The van der Waals surface area contributed by atoms with Crippen molar-refractivity contribution in [3.63, 3.8) is 0 Å². The van der Waals surface area contributed by atoms with Gasteiger partial charge in [0.1, 0.15) is 0 Å². The van der Waals surface area contributed by atoms with Crippen LogP contribution in [0.1, 0.15) is 36.7 Å². The minimum Gasteiger partial charge on any atom is -0.454 e. The largest absolute Gasteiger partial charge is 0.454 e. The number of esters is 1. The fourth-order valence-corrected chi connectivity index (χ4v) is 4.46. The third-order valence-electron chi connectivity index (χ3n) is 5.79. The Bertz CT molecular complexity index is 1200. The summed E-state index contributed by atoms with van der Waals surface area (Å²) >= 11 is 5.85. The minimum atomic E-state index is -0.546. The number of benzene rings is 3. The number of halogens is 1. The maximum atomic E-state index is 12.8. The first-order valence-corrected chi connectivity index (χ1v) is 10.7. The van der Waals surface area contributed by atoms with E-state index in [0.717, 1.165) is 17.9 Å². The molecule has 5 heteroatoms. The van der Waals surface area contributed by atoms with Gasteiger partial charge in [-0.1, -0.05) is 55.8 Å². The molecule has 3 aromatic rings. The molecule has 1 heterocycles. The maximum Gasteiger partial charge on any atom is 0.338 e. The van der Waals surface area contributed by atoms with Crippen LogP contribution < -0.4 is 4.90 Å². The van der Waals surface area contributed by atoms with Crippen LogP contribution in [-0.2, 0) is 14.9 Å². The van der Waals surface area contributed by atoms with E-state index in [9.17, 15) is 9.59 Å². The van der Waals surface area contributed by atoms with Crippen LogP contribution in [0, 0.1) is 0 Å². The van der Waals surface area contributed by atoms with E-state index in [1.165, 1.54) is 16.3 Å². The van der Waals surface area contributed by atoms with Crippen LogP contribution in [0.5, 0.6) is 0 Å². The van der Waals surface area contributed by atoms with Crippen molar-refractivity contribution in [3.05, 3.63) is 88.6 Å². The Balaban J connectivity index is 1.60. The fourth-order valence-electron chi connectivity index (χ4n) is 4.34. The van der Waals surface area contributed by atoms with Crippen molar-refractivity contribution >= 4 is 39.8 Å². The number of ketones is 1. The monoisotopic (exact) mass is 433 g/mol. The van der Waals surface area contributed by atoms with E-state index in [1.807, 2.05) is 12.1 Å². The Hall–Kier alpha value is -3.11. The van der Waals surface area contributed by atoms with Gasteiger partial charge in [0.25, 0.3) is 0 Å². The van der Waals surface area contributed by atoms with Crippen molar-refractivity contribution < 1.29 is 14.3 Å². The molecule has 0 aromatic heterocycles. The van der Waals surface area contributed by atoms with Crippen LogP contribution in [0.3, 0.4) is 0 Å². The third-order valence-corrected chi connectivity index (χ3v) is 6.05. The van der Waals surface area contributed by atoms with Crippen molar-refractivity contribution in [3.8, 4) is 0 Å². The van der Waals surface area contributed by atoms with Gasteiger partial charge >= 0.3 is 5.97 Å². The molecule has 0 saturated carbocycles. The summed E-state index contributed by atoms with van der Waals surface area (Å²) in [4.78, 5) is 27.1. The van der Waals surface area contributed by atoms with Gasteiger partial charge in [0.05, 0.1) is 5.56 Å². The van der Waals surface area contributed by atoms with Crippen LogP contribution in [0.25, 0.3) is 10.8 Å². The third kappa shape index (κ3) is 3.84. The predicted octanol–water partition coefficient (Wildman–Crippen LogP) is 5.92. The molecular formula is C26H24ClNO3. The SMILES string of the molecule is CCN1/C(=C/C(=O)COC(=O)c2ccc(Cl)cc2)C(C)(C)c2c1ccc1ccccc21. The highest BCUT2D eigenvalue weighted by molar-refractivity contribution is 6.30. The smallest absolute Gasteiger partial charge is 0.338 e. The van der Waals surface area contributed by atoms with E-state index in [-0.39, 0.29) is 17.8 Å². The lowest BCUT2D eigenvalue weighted by Crippen LogP contribution is -2.27. The molecule has 4 nitrogen and oxygen atoms in total. The summed E-state index contributed by atoms with van der Waals surface area (Å²) in [6.45, 7) is 6.76. The molecule has 4 rings (SSSR count). The van der Waals surface area contributed by atoms with Crippen LogP contribution >= 0.6 is 11.6 Å². The van der Waals surface area contributed by atoms with Gasteiger partial charge in [0.2, 0.25) is 0 Å². The molecule has 0 aliphatic carbocycles. The van der Waals surface area contributed by atoms with E-state index in [1.54, 1.807) is 30.3 Å². The van der Waals surface area contributed by atoms with Gasteiger partial charge in [-0.2, -0.15) is 0 Å². The topological polar surface area (TPSA) is 46.6 Å². The van der Waals surface area contributed by atoms with Crippen molar-refractivity contribution in [2.45, 2.75) is 26.2 Å². The molecule has 1 aliphatic rings. The van der Waals surface area contributed by atoms with Crippen LogP contribution in [0.4, 0.5) is 5.69 Å². The first kappa shape index (κ1) is 21.1. The Morgan fingerprint density at radius 1 is 1.03 bits per heavy atom. The first-order chi connectivity index (χ1) is 14.8. The van der Waals surface area contributed by atoms with Gasteiger partial charge in [0, 0.05) is 34.4 Å². The molecule has 1 aliphatic heterocycles. The second-order valence-corrected chi connectivity index (χ2v) is 8.57. The van der Waals surface area contributed by atoms with E-state index < -0.39 is 5.97 Å². The molecule has 0 bridgehead atoms. The van der Waals surface area contributed by atoms with Gasteiger partial charge < -0.3 is 9.64 Å². The van der Waals surface area contributed by atoms with Gasteiger partial charge in [-0.15, -0.1) is 0 Å².